The molecule has 1 aromatic heterocycles. The van der Waals surface area contributed by atoms with Gasteiger partial charge in [-0.25, -0.2) is 13.4 Å². The van der Waals surface area contributed by atoms with Crippen molar-refractivity contribution in [2.45, 2.75) is 45.1 Å². The topological polar surface area (TPSA) is 67.3 Å². The van der Waals surface area contributed by atoms with Crippen LogP contribution in [0.25, 0.3) is 10.6 Å². The van der Waals surface area contributed by atoms with Crippen LogP contribution in [0.4, 0.5) is 0 Å². The third kappa shape index (κ3) is 4.81. The Balaban J connectivity index is 1.71. The lowest BCUT2D eigenvalue weighted by Gasteiger charge is -2.36. The van der Waals surface area contributed by atoms with Crippen LogP contribution >= 0.6 is 11.3 Å². The van der Waals surface area contributed by atoms with Gasteiger partial charge in [-0.15, -0.1) is 11.3 Å². The van der Waals surface area contributed by atoms with Gasteiger partial charge >= 0.3 is 0 Å². The van der Waals surface area contributed by atoms with Crippen molar-refractivity contribution in [3.05, 3.63) is 40.9 Å². The lowest BCUT2D eigenvalue weighted by Crippen LogP contribution is -2.48. The summed E-state index contributed by atoms with van der Waals surface area (Å²) < 4.78 is 25.7. The van der Waals surface area contributed by atoms with Gasteiger partial charge in [-0.05, 0) is 32.1 Å². The predicted molar refractivity (Wildman–Crippen MR) is 114 cm³/mol. The Bertz CT molecular complexity index is 925. The number of piperidine rings is 1. The maximum Gasteiger partial charge on any atom is 0.240 e. The number of hydrogen-bond donors (Lipinski definition) is 0. The van der Waals surface area contributed by atoms with Crippen molar-refractivity contribution in [3.8, 4) is 10.6 Å². The molecule has 0 radical (unpaired) electrons. The number of benzene rings is 1. The summed E-state index contributed by atoms with van der Waals surface area (Å²) in [5, 5.41) is 1.52. The Morgan fingerprint density at radius 3 is 2.43 bits per heavy atom. The second-order valence-corrected chi connectivity index (χ2v) is 11.3. The van der Waals surface area contributed by atoms with E-state index in [1.54, 1.807) is 10.3 Å². The maximum absolute atomic E-state index is 12.9. The zero-order valence-corrected chi connectivity index (χ0v) is 18.5. The average Bonchev–Trinajstić information content (AvgIpc) is 3.08. The first kappa shape index (κ1) is 21.0. The second-order valence-electron chi connectivity index (χ2n) is 8.15. The van der Waals surface area contributed by atoms with Crippen LogP contribution in [0.15, 0.2) is 29.6 Å². The Hall–Kier alpha value is -1.73. The summed E-state index contributed by atoms with van der Waals surface area (Å²) >= 11 is 1.43. The molecule has 28 heavy (non-hydrogen) atoms. The van der Waals surface area contributed by atoms with Gasteiger partial charge in [0.05, 0.1) is 11.4 Å². The fraction of sp³-hybridized carbons (Fsp3) is 0.524. The highest BCUT2D eigenvalue weighted by Crippen LogP contribution is 2.26. The first-order valence-electron chi connectivity index (χ1n) is 9.67. The lowest BCUT2D eigenvalue weighted by molar-refractivity contribution is -0.133. The van der Waals surface area contributed by atoms with E-state index in [0.717, 1.165) is 22.6 Å². The number of hydrogen-bond acceptors (Lipinski definition) is 5. The van der Waals surface area contributed by atoms with E-state index < -0.39 is 15.1 Å². The van der Waals surface area contributed by atoms with Gasteiger partial charge in [0.1, 0.15) is 10.3 Å². The van der Waals surface area contributed by atoms with Crippen LogP contribution in [0.3, 0.4) is 0 Å². The number of sulfone groups is 1. The standard InChI is InChI=1S/C21H28N2O3S2/c1-14-5-7-18(8-6-14)20-22-19(12-27-20)13-28(25,26)17(4)21(24)23-10-15(2)9-16(3)11-23/h5-8,12,15-17H,9-11,13H2,1-4H3/t15-,16+,17-/m1/s1. The summed E-state index contributed by atoms with van der Waals surface area (Å²) in [4.78, 5) is 19.0. The second kappa shape index (κ2) is 8.33. The van der Waals surface area contributed by atoms with Crippen LogP contribution in [0, 0.1) is 18.8 Å². The molecule has 0 N–H and O–H groups in total. The molecule has 7 heteroatoms. The summed E-state index contributed by atoms with van der Waals surface area (Å²) in [7, 11) is -3.62. The smallest absolute Gasteiger partial charge is 0.240 e. The quantitative estimate of drug-likeness (QED) is 0.735. The molecule has 1 amide bonds. The Morgan fingerprint density at radius 2 is 1.82 bits per heavy atom. The first-order chi connectivity index (χ1) is 13.2. The van der Waals surface area contributed by atoms with Crippen molar-refractivity contribution in [1.29, 1.82) is 0 Å². The van der Waals surface area contributed by atoms with E-state index in [9.17, 15) is 13.2 Å². The van der Waals surface area contributed by atoms with Crippen LogP contribution in [0.2, 0.25) is 0 Å². The maximum atomic E-state index is 12.9. The molecule has 0 bridgehead atoms. The molecule has 0 unspecified atom stereocenters. The third-order valence-electron chi connectivity index (χ3n) is 5.27. The Kier molecular flexibility index (Phi) is 6.25. The van der Waals surface area contributed by atoms with Gasteiger partial charge in [0.25, 0.3) is 0 Å². The van der Waals surface area contributed by atoms with Crippen LogP contribution in [-0.4, -0.2) is 42.5 Å². The van der Waals surface area contributed by atoms with Crippen molar-refractivity contribution in [2.24, 2.45) is 11.8 Å². The summed E-state index contributed by atoms with van der Waals surface area (Å²) in [6.45, 7) is 9.02. The number of carbonyl (C=O) groups is 1. The summed E-state index contributed by atoms with van der Waals surface area (Å²) in [5.74, 6) is 0.310. The van der Waals surface area contributed by atoms with Crippen molar-refractivity contribution < 1.29 is 13.2 Å². The molecular weight excluding hydrogens is 392 g/mol. The normalized spacial score (nSPS) is 21.5. The summed E-state index contributed by atoms with van der Waals surface area (Å²) in [5.41, 5.74) is 2.64. The van der Waals surface area contributed by atoms with E-state index >= 15 is 0 Å². The van der Waals surface area contributed by atoms with E-state index in [-0.39, 0.29) is 11.7 Å². The van der Waals surface area contributed by atoms with Crippen LogP contribution in [0.1, 0.15) is 38.4 Å². The number of amides is 1. The number of nitrogens with zero attached hydrogens (tertiary/aromatic N) is 2. The van der Waals surface area contributed by atoms with Crippen LogP contribution < -0.4 is 0 Å². The SMILES string of the molecule is Cc1ccc(-c2nc(CS(=O)(=O)[C@H](C)C(=O)N3C[C@H](C)C[C@H](C)C3)cs2)cc1. The highest BCUT2D eigenvalue weighted by molar-refractivity contribution is 7.92. The van der Waals surface area contributed by atoms with Crippen LogP contribution in [0.5, 0.6) is 0 Å². The van der Waals surface area contributed by atoms with Crippen molar-refractivity contribution in [2.75, 3.05) is 13.1 Å². The third-order valence-corrected chi connectivity index (χ3v) is 8.18. The number of carbonyl (C=O) groups excluding carboxylic acids is 1. The van der Waals surface area contributed by atoms with E-state index in [2.05, 4.69) is 18.8 Å². The molecule has 1 aliphatic rings. The minimum absolute atomic E-state index is 0.207. The predicted octanol–water partition coefficient (Wildman–Crippen LogP) is 3.93. The van der Waals surface area contributed by atoms with Crippen LogP contribution in [-0.2, 0) is 20.4 Å². The fourth-order valence-electron chi connectivity index (χ4n) is 3.79. The van der Waals surface area contributed by atoms with Gasteiger partial charge in [0.2, 0.25) is 5.91 Å². The molecule has 1 fully saturated rings. The highest BCUT2D eigenvalue weighted by atomic mass is 32.2. The molecule has 3 rings (SSSR count). The number of aryl methyl sites for hydroxylation is 1. The molecule has 2 aromatic rings. The summed E-state index contributed by atoms with van der Waals surface area (Å²) in [6.07, 6.45) is 1.07. The molecule has 0 aliphatic carbocycles. The lowest BCUT2D eigenvalue weighted by atomic mass is 9.92. The Labute approximate surface area is 171 Å². The molecule has 5 nitrogen and oxygen atoms in total. The highest BCUT2D eigenvalue weighted by Gasteiger charge is 2.35. The van der Waals surface area contributed by atoms with E-state index in [0.29, 0.717) is 30.6 Å². The van der Waals surface area contributed by atoms with Gasteiger partial charge in [0.15, 0.2) is 9.84 Å². The monoisotopic (exact) mass is 420 g/mol. The molecule has 0 spiro atoms. The molecule has 3 atom stereocenters. The molecule has 152 valence electrons. The Morgan fingerprint density at radius 1 is 1.21 bits per heavy atom. The van der Waals surface area contributed by atoms with E-state index in [1.165, 1.54) is 18.3 Å². The van der Waals surface area contributed by atoms with Crippen molar-refractivity contribution in [1.82, 2.24) is 9.88 Å². The first-order valence-corrected chi connectivity index (χ1v) is 12.3. The van der Waals surface area contributed by atoms with E-state index in [4.69, 9.17) is 0 Å². The van der Waals surface area contributed by atoms with Gasteiger partial charge in [-0.1, -0.05) is 43.7 Å². The number of likely N-dealkylation sites (tertiary alicyclic amines) is 1. The van der Waals surface area contributed by atoms with Gasteiger partial charge < -0.3 is 4.90 Å². The molecular formula is C21H28N2O3S2. The molecule has 1 aromatic carbocycles. The molecule has 1 aliphatic heterocycles. The molecule has 0 saturated carbocycles. The van der Waals surface area contributed by atoms with Crippen molar-refractivity contribution in [3.63, 3.8) is 0 Å². The molecule has 1 saturated heterocycles. The number of rotatable bonds is 5. The van der Waals surface area contributed by atoms with E-state index in [1.807, 2.05) is 31.2 Å². The van der Waals surface area contributed by atoms with Gasteiger partial charge in [0, 0.05) is 24.0 Å². The minimum atomic E-state index is -3.62. The fourth-order valence-corrected chi connectivity index (χ4v) is 5.98. The number of aromatic nitrogens is 1. The van der Waals surface area contributed by atoms with Gasteiger partial charge in [-0.3, -0.25) is 4.79 Å². The molecule has 2 heterocycles. The average molecular weight is 421 g/mol. The van der Waals surface area contributed by atoms with Crippen molar-refractivity contribution >= 4 is 27.1 Å². The largest absolute Gasteiger partial charge is 0.341 e. The zero-order chi connectivity index (χ0) is 20.5. The zero-order valence-electron chi connectivity index (χ0n) is 16.9. The summed E-state index contributed by atoms with van der Waals surface area (Å²) in [6, 6.07) is 7.98. The minimum Gasteiger partial charge on any atom is -0.341 e. The van der Waals surface area contributed by atoms with Gasteiger partial charge in [-0.2, -0.15) is 0 Å². The number of thiazole rings is 1.